The number of hydrogen-bond donors (Lipinski definition) is 3. The van der Waals surface area contributed by atoms with Crippen LogP contribution in [0.5, 0.6) is 0 Å². The fraction of sp³-hybridized carbons (Fsp3) is 0.579. The molecule has 2 amide bonds. The minimum absolute atomic E-state index is 0. The number of nitrogens with one attached hydrogen (secondary N) is 2. The van der Waals surface area contributed by atoms with Crippen LogP contribution in [0, 0.1) is 17.8 Å². The van der Waals surface area contributed by atoms with Gasteiger partial charge in [0.2, 0.25) is 5.91 Å². The highest BCUT2D eigenvalue weighted by Crippen LogP contribution is 2.47. The number of benzene rings is 1. The van der Waals surface area contributed by atoms with Gasteiger partial charge in [-0.15, -0.1) is 12.4 Å². The summed E-state index contributed by atoms with van der Waals surface area (Å²) in [6.45, 7) is 3.13. The molecule has 0 heterocycles. The van der Waals surface area contributed by atoms with E-state index in [0.29, 0.717) is 30.5 Å². The first-order chi connectivity index (χ1) is 11.6. The number of halogens is 1. The molecule has 2 fully saturated rings. The van der Waals surface area contributed by atoms with E-state index in [0.717, 1.165) is 24.8 Å². The third kappa shape index (κ3) is 4.33. The van der Waals surface area contributed by atoms with Crippen molar-refractivity contribution in [1.29, 1.82) is 0 Å². The van der Waals surface area contributed by atoms with Gasteiger partial charge in [0.15, 0.2) is 0 Å². The van der Waals surface area contributed by atoms with Crippen LogP contribution in [0.1, 0.15) is 48.5 Å². The Morgan fingerprint density at radius 3 is 2.64 bits per heavy atom. The molecule has 0 radical (unpaired) electrons. The summed E-state index contributed by atoms with van der Waals surface area (Å²) in [5.41, 5.74) is 7.80. The van der Waals surface area contributed by atoms with E-state index in [2.05, 4.69) is 10.6 Å². The second-order valence-electron chi connectivity index (χ2n) is 7.11. The Balaban J connectivity index is 0.00000225. The van der Waals surface area contributed by atoms with Crippen molar-refractivity contribution in [1.82, 2.24) is 10.6 Å². The predicted octanol–water partition coefficient (Wildman–Crippen LogP) is 2.24. The number of amides is 2. The minimum Gasteiger partial charge on any atom is -0.352 e. The number of nitrogens with two attached hydrogens (primary N) is 1. The van der Waals surface area contributed by atoms with Crippen LogP contribution in [0.15, 0.2) is 24.3 Å². The van der Waals surface area contributed by atoms with Gasteiger partial charge in [-0.25, -0.2) is 0 Å². The molecule has 0 spiro atoms. The predicted molar refractivity (Wildman–Crippen MR) is 100 cm³/mol. The summed E-state index contributed by atoms with van der Waals surface area (Å²) < 4.78 is 0. The van der Waals surface area contributed by atoms with Crippen LogP contribution < -0.4 is 16.4 Å². The van der Waals surface area contributed by atoms with Gasteiger partial charge in [0, 0.05) is 24.7 Å². The fourth-order valence-corrected chi connectivity index (χ4v) is 4.19. The van der Waals surface area contributed by atoms with Crippen molar-refractivity contribution in [3.05, 3.63) is 35.4 Å². The molecule has 1 aromatic carbocycles. The van der Waals surface area contributed by atoms with Gasteiger partial charge in [-0.3, -0.25) is 9.59 Å². The van der Waals surface area contributed by atoms with Crippen LogP contribution >= 0.6 is 12.4 Å². The van der Waals surface area contributed by atoms with Crippen molar-refractivity contribution >= 4 is 24.2 Å². The lowest BCUT2D eigenvalue weighted by Crippen LogP contribution is -2.45. The molecule has 4 N–H and O–H groups in total. The molecule has 5 nitrogen and oxygen atoms in total. The van der Waals surface area contributed by atoms with E-state index in [-0.39, 0.29) is 36.2 Å². The number of hydrogen-bond acceptors (Lipinski definition) is 3. The highest BCUT2D eigenvalue weighted by Gasteiger charge is 2.48. The first kappa shape index (κ1) is 19.7. The van der Waals surface area contributed by atoms with Crippen LogP contribution in [0.25, 0.3) is 0 Å². The van der Waals surface area contributed by atoms with E-state index in [1.54, 1.807) is 6.07 Å². The lowest BCUT2D eigenvalue weighted by molar-refractivity contribution is -0.127. The lowest BCUT2D eigenvalue weighted by Gasteiger charge is -2.27. The molecule has 4 unspecified atom stereocenters. The maximum absolute atomic E-state index is 12.5. The summed E-state index contributed by atoms with van der Waals surface area (Å²) in [6, 6.07) is 7.42. The second kappa shape index (κ2) is 8.68. The number of carbonyl (C=O) groups is 2. The molecule has 1 aromatic rings. The molecular weight excluding hydrogens is 338 g/mol. The van der Waals surface area contributed by atoms with Crippen LogP contribution in [-0.4, -0.2) is 24.4 Å². The van der Waals surface area contributed by atoms with E-state index < -0.39 is 0 Å². The maximum atomic E-state index is 12.5. The lowest BCUT2D eigenvalue weighted by atomic mass is 9.84. The molecule has 25 heavy (non-hydrogen) atoms. The topological polar surface area (TPSA) is 84.2 Å². The van der Waals surface area contributed by atoms with Crippen molar-refractivity contribution in [2.24, 2.45) is 23.5 Å². The molecular formula is C19H28ClN3O2. The molecule has 6 heteroatoms. The van der Waals surface area contributed by atoms with Gasteiger partial charge in [-0.05, 0) is 55.2 Å². The Kier molecular flexibility index (Phi) is 6.85. The fourth-order valence-electron chi connectivity index (χ4n) is 4.19. The Morgan fingerprint density at radius 2 is 1.96 bits per heavy atom. The molecule has 2 bridgehead atoms. The van der Waals surface area contributed by atoms with Crippen LogP contribution in [0.2, 0.25) is 0 Å². The first-order valence-corrected chi connectivity index (χ1v) is 9.00. The van der Waals surface area contributed by atoms with Crippen LogP contribution in [0.3, 0.4) is 0 Å². The van der Waals surface area contributed by atoms with Gasteiger partial charge in [0.05, 0.1) is 5.92 Å². The second-order valence-corrected chi connectivity index (χ2v) is 7.11. The SMILES string of the molecule is CCCNC(=O)c1cccc(CNC(=O)C2C3CCC(C3)C2N)c1.Cl. The summed E-state index contributed by atoms with van der Waals surface area (Å²) in [7, 11) is 0. The Hall–Kier alpha value is -1.59. The molecule has 0 aliphatic heterocycles. The van der Waals surface area contributed by atoms with Gasteiger partial charge in [-0.2, -0.15) is 0 Å². The van der Waals surface area contributed by atoms with Gasteiger partial charge in [-0.1, -0.05) is 19.1 Å². The molecule has 2 aliphatic carbocycles. The van der Waals surface area contributed by atoms with Crippen molar-refractivity contribution < 1.29 is 9.59 Å². The highest BCUT2D eigenvalue weighted by atomic mass is 35.5. The number of rotatable bonds is 6. The maximum Gasteiger partial charge on any atom is 0.251 e. The van der Waals surface area contributed by atoms with E-state index in [1.807, 2.05) is 25.1 Å². The van der Waals surface area contributed by atoms with Crippen molar-refractivity contribution in [3.63, 3.8) is 0 Å². The van der Waals surface area contributed by atoms with E-state index in [9.17, 15) is 9.59 Å². The van der Waals surface area contributed by atoms with E-state index >= 15 is 0 Å². The summed E-state index contributed by atoms with van der Waals surface area (Å²) in [5.74, 6) is 0.933. The van der Waals surface area contributed by atoms with Crippen LogP contribution in [0.4, 0.5) is 0 Å². The molecule has 4 atom stereocenters. The molecule has 0 saturated heterocycles. The Bertz CT molecular complexity index is 620. The van der Waals surface area contributed by atoms with Gasteiger partial charge < -0.3 is 16.4 Å². The third-order valence-corrected chi connectivity index (χ3v) is 5.47. The smallest absolute Gasteiger partial charge is 0.251 e. The van der Waals surface area contributed by atoms with Gasteiger partial charge in [0.1, 0.15) is 0 Å². The summed E-state index contributed by atoms with van der Waals surface area (Å²) >= 11 is 0. The Labute approximate surface area is 155 Å². The van der Waals surface area contributed by atoms with E-state index in [4.69, 9.17) is 5.73 Å². The average molecular weight is 366 g/mol. The summed E-state index contributed by atoms with van der Waals surface area (Å²) in [4.78, 5) is 24.5. The molecule has 138 valence electrons. The zero-order valence-electron chi connectivity index (χ0n) is 14.7. The molecule has 2 saturated carbocycles. The number of carbonyl (C=O) groups excluding carboxylic acids is 2. The summed E-state index contributed by atoms with van der Waals surface area (Å²) in [6.07, 6.45) is 4.31. The van der Waals surface area contributed by atoms with Gasteiger partial charge >= 0.3 is 0 Å². The first-order valence-electron chi connectivity index (χ1n) is 9.00. The standard InChI is InChI=1S/C19H27N3O2.ClH/c1-2-8-21-18(23)15-5-3-4-12(9-15)11-22-19(24)16-13-6-7-14(10-13)17(16)20;/h3-5,9,13-14,16-17H,2,6-8,10-11,20H2,1H3,(H,21,23)(H,22,24);1H. The monoisotopic (exact) mass is 365 g/mol. The summed E-state index contributed by atoms with van der Waals surface area (Å²) in [5, 5.41) is 5.88. The quantitative estimate of drug-likeness (QED) is 0.722. The Morgan fingerprint density at radius 1 is 1.20 bits per heavy atom. The zero-order chi connectivity index (χ0) is 17.1. The number of fused-ring (bicyclic) bond motifs is 2. The molecule has 0 aromatic heterocycles. The van der Waals surface area contributed by atoms with Crippen molar-refractivity contribution in [3.8, 4) is 0 Å². The largest absolute Gasteiger partial charge is 0.352 e. The third-order valence-electron chi connectivity index (χ3n) is 5.47. The molecule has 2 aliphatic rings. The minimum atomic E-state index is -0.0693. The average Bonchev–Trinajstić information content (AvgIpc) is 3.19. The highest BCUT2D eigenvalue weighted by molar-refractivity contribution is 5.94. The van der Waals surface area contributed by atoms with Crippen LogP contribution in [-0.2, 0) is 11.3 Å². The normalized spacial score (nSPS) is 26.8. The zero-order valence-corrected chi connectivity index (χ0v) is 15.5. The van der Waals surface area contributed by atoms with Gasteiger partial charge in [0.25, 0.3) is 5.91 Å². The van der Waals surface area contributed by atoms with Crippen molar-refractivity contribution in [2.45, 2.75) is 45.2 Å². The molecule has 3 rings (SSSR count). The van der Waals surface area contributed by atoms with Crippen molar-refractivity contribution in [2.75, 3.05) is 6.54 Å². The van der Waals surface area contributed by atoms with E-state index in [1.165, 1.54) is 6.42 Å².